The second-order valence-electron chi connectivity index (χ2n) is 9.73. The van der Waals surface area contributed by atoms with Gasteiger partial charge in [-0.1, -0.05) is 60.6 Å². The van der Waals surface area contributed by atoms with E-state index in [4.69, 9.17) is 19.6 Å². The molecule has 0 fully saturated rings. The number of ether oxygens (including phenoxy) is 2. The Hall–Kier alpha value is -3.87. The average Bonchev–Trinajstić information content (AvgIpc) is 2.98. The first-order valence-electron chi connectivity index (χ1n) is 13.3. The summed E-state index contributed by atoms with van der Waals surface area (Å²) in [4.78, 5) is 31.8. The number of aromatic nitrogens is 2. The molecule has 0 spiro atoms. The minimum Gasteiger partial charge on any atom is -0.493 e. The number of benzene rings is 3. The number of hydrogen-bond donors (Lipinski definition) is 2. The van der Waals surface area contributed by atoms with Crippen LogP contribution >= 0.6 is 11.8 Å². The van der Waals surface area contributed by atoms with Gasteiger partial charge in [0.15, 0.2) is 16.7 Å². The van der Waals surface area contributed by atoms with E-state index in [9.17, 15) is 18.0 Å². The lowest BCUT2D eigenvalue weighted by molar-refractivity contribution is -0.120. The van der Waals surface area contributed by atoms with Crippen molar-refractivity contribution in [2.75, 3.05) is 14.2 Å². The van der Waals surface area contributed by atoms with Gasteiger partial charge in [-0.2, -0.15) is 0 Å². The monoisotopic (exact) mass is 610 g/mol. The van der Waals surface area contributed by atoms with Crippen LogP contribution in [-0.2, 0) is 34.3 Å². The third-order valence-corrected chi connectivity index (χ3v) is 9.08. The van der Waals surface area contributed by atoms with Crippen molar-refractivity contribution >= 4 is 38.6 Å². The van der Waals surface area contributed by atoms with Crippen LogP contribution in [0.4, 0.5) is 0 Å². The highest BCUT2D eigenvalue weighted by Crippen LogP contribution is 2.32. The van der Waals surface area contributed by atoms with Crippen molar-refractivity contribution in [3.8, 4) is 11.5 Å². The molecule has 0 radical (unpaired) electrons. The van der Waals surface area contributed by atoms with Crippen molar-refractivity contribution in [2.45, 2.75) is 55.1 Å². The van der Waals surface area contributed by atoms with Crippen LogP contribution in [0.2, 0.25) is 0 Å². The fourth-order valence-electron chi connectivity index (χ4n) is 4.36. The first kappa shape index (κ1) is 31.1. The predicted octanol–water partition coefficient (Wildman–Crippen LogP) is 3.80. The Labute approximate surface area is 249 Å². The summed E-state index contributed by atoms with van der Waals surface area (Å²) in [6, 6.07) is 17.4. The maximum atomic E-state index is 13.8. The van der Waals surface area contributed by atoms with E-state index in [1.165, 1.54) is 38.1 Å². The highest BCUT2D eigenvalue weighted by Gasteiger charge is 2.23. The van der Waals surface area contributed by atoms with E-state index in [1.807, 2.05) is 38.1 Å². The number of nitrogens with zero attached hydrogens (tertiary/aromatic N) is 2. The van der Waals surface area contributed by atoms with Gasteiger partial charge in [-0.05, 0) is 49.1 Å². The first-order valence-corrected chi connectivity index (χ1v) is 15.7. The second-order valence-corrected chi connectivity index (χ2v) is 12.5. The normalized spacial score (nSPS) is 12.2. The molecule has 0 aliphatic rings. The molecule has 0 aliphatic carbocycles. The van der Waals surface area contributed by atoms with E-state index in [0.29, 0.717) is 46.9 Å². The predicted molar refractivity (Wildman–Crippen MR) is 164 cm³/mol. The molecule has 1 amide bonds. The van der Waals surface area contributed by atoms with E-state index in [2.05, 4.69) is 5.32 Å². The number of carbonyl (C=O) groups is 1. The summed E-state index contributed by atoms with van der Waals surface area (Å²) in [5, 5.41) is 8.45. The average molecular weight is 611 g/mol. The maximum Gasteiger partial charge on any atom is 0.262 e. The molecule has 1 atom stereocenters. The number of sulfonamides is 1. The summed E-state index contributed by atoms with van der Waals surface area (Å²) >= 11 is 1.23. The zero-order valence-electron chi connectivity index (χ0n) is 23.9. The van der Waals surface area contributed by atoms with Crippen LogP contribution in [0.25, 0.3) is 10.9 Å². The number of methoxy groups -OCH3 is 2. The van der Waals surface area contributed by atoms with E-state index in [0.717, 1.165) is 16.7 Å². The SMILES string of the molecule is CCC(Sc1nc2cc(OC)c(OC)cc2c(=O)n1CCc1ccc(S(N)(=O)=O)cc1)C(=O)NCc1ccc(C)cc1. The first-order chi connectivity index (χ1) is 20.0. The Morgan fingerprint density at radius 3 is 2.24 bits per heavy atom. The minimum atomic E-state index is -3.81. The molecular weight excluding hydrogens is 576 g/mol. The molecule has 0 saturated heterocycles. The topological polar surface area (TPSA) is 143 Å². The van der Waals surface area contributed by atoms with E-state index in [1.54, 1.807) is 28.8 Å². The van der Waals surface area contributed by atoms with Gasteiger partial charge in [0, 0.05) is 19.2 Å². The lowest BCUT2D eigenvalue weighted by Gasteiger charge is -2.19. The van der Waals surface area contributed by atoms with Crippen molar-refractivity contribution in [3.05, 3.63) is 87.7 Å². The molecule has 0 bridgehead atoms. The third-order valence-electron chi connectivity index (χ3n) is 6.80. The van der Waals surface area contributed by atoms with Crippen LogP contribution in [0.3, 0.4) is 0 Å². The Bertz CT molecular complexity index is 1740. The highest BCUT2D eigenvalue weighted by atomic mass is 32.2. The molecule has 12 heteroatoms. The number of thioether (sulfide) groups is 1. The van der Waals surface area contributed by atoms with Gasteiger partial charge < -0.3 is 14.8 Å². The van der Waals surface area contributed by atoms with Crippen molar-refractivity contribution in [1.82, 2.24) is 14.9 Å². The van der Waals surface area contributed by atoms with Gasteiger partial charge in [0.25, 0.3) is 5.56 Å². The molecule has 1 heterocycles. The summed E-state index contributed by atoms with van der Waals surface area (Å²) in [5.74, 6) is 0.676. The van der Waals surface area contributed by atoms with E-state index < -0.39 is 15.3 Å². The molecule has 0 saturated carbocycles. The molecule has 1 aromatic heterocycles. The van der Waals surface area contributed by atoms with Gasteiger partial charge in [-0.15, -0.1) is 0 Å². The van der Waals surface area contributed by atoms with E-state index >= 15 is 0 Å². The summed E-state index contributed by atoms with van der Waals surface area (Å²) in [6.07, 6.45) is 0.925. The van der Waals surface area contributed by atoms with Gasteiger partial charge in [0.1, 0.15) is 0 Å². The van der Waals surface area contributed by atoms with Gasteiger partial charge in [-0.25, -0.2) is 18.5 Å². The smallest absolute Gasteiger partial charge is 0.262 e. The molecule has 222 valence electrons. The van der Waals surface area contributed by atoms with Crippen molar-refractivity contribution in [2.24, 2.45) is 5.14 Å². The fraction of sp³-hybridized carbons (Fsp3) is 0.300. The highest BCUT2D eigenvalue weighted by molar-refractivity contribution is 8.00. The number of hydrogen-bond acceptors (Lipinski definition) is 8. The Kier molecular flexibility index (Phi) is 9.92. The number of nitrogens with two attached hydrogens (primary N) is 1. The van der Waals surface area contributed by atoms with Crippen LogP contribution < -0.4 is 25.5 Å². The summed E-state index contributed by atoms with van der Waals surface area (Å²) in [7, 11) is -0.815. The quantitative estimate of drug-likeness (QED) is 0.182. The Morgan fingerprint density at radius 1 is 1.02 bits per heavy atom. The van der Waals surface area contributed by atoms with E-state index in [-0.39, 0.29) is 22.9 Å². The number of primary sulfonamides is 1. The van der Waals surface area contributed by atoms with Crippen LogP contribution in [-0.4, -0.2) is 43.3 Å². The molecule has 0 aliphatic heterocycles. The van der Waals surface area contributed by atoms with Crippen molar-refractivity contribution in [1.29, 1.82) is 0 Å². The fourth-order valence-corrected chi connectivity index (χ4v) is 5.94. The summed E-state index contributed by atoms with van der Waals surface area (Å²) in [5.41, 5.74) is 3.06. The van der Waals surface area contributed by atoms with Gasteiger partial charge in [0.05, 0.1) is 35.3 Å². The molecule has 4 rings (SSSR count). The third kappa shape index (κ3) is 7.30. The number of fused-ring (bicyclic) bond motifs is 1. The molecular formula is C30H34N4O6S2. The number of amides is 1. The maximum absolute atomic E-state index is 13.8. The molecule has 1 unspecified atom stereocenters. The Balaban J connectivity index is 1.66. The summed E-state index contributed by atoms with van der Waals surface area (Å²) < 4.78 is 35.6. The number of rotatable bonds is 12. The molecule has 3 N–H and O–H groups in total. The molecule has 4 aromatic rings. The zero-order valence-corrected chi connectivity index (χ0v) is 25.6. The van der Waals surface area contributed by atoms with Crippen molar-refractivity contribution in [3.63, 3.8) is 0 Å². The largest absolute Gasteiger partial charge is 0.493 e. The van der Waals surface area contributed by atoms with Crippen LogP contribution in [0, 0.1) is 6.92 Å². The molecule has 3 aromatic carbocycles. The number of nitrogens with one attached hydrogen (secondary N) is 1. The van der Waals surface area contributed by atoms with Gasteiger partial charge in [0.2, 0.25) is 15.9 Å². The molecule has 10 nitrogen and oxygen atoms in total. The van der Waals surface area contributed by atoms with Crippen LogP contribution in [0.15, 0.2) is 75.5 Å². The number of aryl methyl sites for hydroxylation is 2. The van der Waals surface area contributed by atoms with Gasteiger partial charge >= 0.3 is 0 Å². The lowest BCUT2D eigenvalue weighted by Crippen LogP contribution is -2.33. The van der Waals surface area contributed by atoms with Crippen LogP contribution in [0.1, 0.15) is 30.0 Å². The summed E-state index contributed by atoms with van der Waals surface area (Å²) in [6.45, 7) is 4.55. The second kappa shape index (κ2) is 13.4. The Morgan fingerprint density at radius 2 is 1.64 bits per heavy atom. The standard InChI is InChI=1S/C30H34N4O6S2/c1-5-27(28(35)32-18-21-8-6-19(2)7-9-21)41-30-33-24-17-26(40-4)25(39-3)16-23(24)29(36)34(30)15-14-20-10-12-22(13-11-20)42(31,37)38/h6-13,16-17,27H,5,14-15,18H2,1-4H3,(H,32,35)(H2,31,37,38). The zero-order chi connectivity index (χ0) is 30.4. The van der Waals surface area contributed by atoms with Gasteiger partial charge in [-0.3, -0.25) is 14.2 Å². The van der Waals surface area contributed by atoms with Crippen LogP contribution in [0.5, 0.6) is 11.5 Å². The number of carbonyl (C=O) groups excluding carboxylic acids is 1. The minimum absolute atomic E-state index is 0.00973. The van der Waals surface area contributed by atoms with Crippen molar-refractivity contribution < 1.29 is 22.7 Å². The lowest BCUT2D eigenvalue weighted by atomic mass is 10.1. The molecule has 42 heavy (non-hydrogen) atoms.